The molecule has 6 N–H and O–H groups in total. The fourth-order valence-corrected chi connectivity index (χ4v) is 3.44. The first kappa shape index (κ1) is 24.8. The van der Waals surface area contributed by atoms with Crippen LogP contribution in [-0.2, 0) is 19.2 Å². The van der Waals surface area contributed by atoms with Gasteiger partial charge in [0.15, 0.2) is 0 Å². The molecule has 3 amide bonds. The molecule has 0 spiro atoms. The van der Waals surface area contributed by atoms with Crippen molar-refractivity contribution in [1.29, 1.82) is 0 Å². The Morgan fingerprint density at radius 2 is 1.90 bits per heavy atom. The smallest absolute Gasteiger partial charge is 0.322 e. The van der Waals surface area contributed by atoms with Crippen molar-refractivity contribution in [2.45, 2.75) is 64.1 Å². The Morgan fingerprint density at radius 1 is 1.21 bits per heavy atom. The van der Waals surface area contributed by atoms with E-state index in [1.165, 1.54) is 0 Å². The molecule has 10 heteroatoms. The molecule has 1 rings (SSSR count). The lowest BCUT2D eigenvalue weighted by Gasteiger charge is -2.30. The monoisotopic (exact) mass is 413 g/mol. The SMILES string of the molecule is CNC(CCCCN)C(=O)N1CCCC1C(=O)NC(C(=O)NCC(=O)O)C(C)C. The predicted molar refractivity (Wildman–Crippen MR) is 108 cm³/mol. The Morgan fingerprint density at radius 3 is 2.45 bits per heavy atom. The standard InChI is InChI=1S/C19H35N5O5/c1-12(2)16(18(28)22-11-15(25)26)23-17(27)14-8-6-10-24(14)19(29)13(21-3)7-4-5-9-20/h12-14,16,21H,4-11,20H2,1-3H3,(H,22,28)(H,23,27)(H,25,26). The maximum atomic E-state index is 12.9. The van der Waals surface area contributed by atoms with Crippen molar-refractivity contribution < 1.29 is 24.3 Å². The third kappa shape index (κ3) is 7.62. The van der Waals surface area contributed by atoms with Crippen molar-refractivity contribution in [2.75, 3.05) is 26.7 Å². The first-order valence-electron chi connectivity index (χ1n) is 10.2. The van der Waals surface area contributed by atoms with E-state index in [-0.39, 0.29) is 17.9 Å². The number of likely N-dealkylation sites (N-methyl/N-ethyl adjacent to an activating group) is 1. The number of carbonyl (C=O) groups excluding carboxylic acids is 3. The fourth-order valence-electron chi connectivity index (χ4n) is 3.44. The van der Waals surface area contributed by atoms with E-state index in [0.29, 0.717) is 32.4 Å². The average Bonchev–Trinajstić information content (AvgIpc) is 3.16. The molecular formula is C19H35N5O5. The minimum Gasteiger partial charge on any atom is -0.480 e. The largest absolute Gasteiger partial charge is 0.480 e. The number of nitrogens with one attached hydrogen (secondary N) is 3. The van der Waals surface area contributed by atoms with Crippen molar-refractivity contribution in [3.05, 3.63) is 0 Å². The van der Waals surface area contributed by atoms with Crippen molar-refractivity contribution >= 4 is 23.7 Å². The molecule has 0 aromatic heterocycles. The summed E-state index contributed by atoms with van der Waals surface area (Å²) in [4.78, 5) is 50.3. The number of carboxylic acids is 1. The molecule has 0 radical (unpaired) electrons. The second-order valence-corrected chi connectivity index (χ2v) is 7.66. The molecule has 3 unspecified atom stereocenters. The van der Waals surface area contributed by atoms with Gasteiger partial charge < -0.3 is 31.7 Å². The highest BCUT2D eigenvalue weighted by Crippen LogP contribution is 2.20. The summed E-state index contributed by atoms with van der Waals surface area (Å²) in [7, 11) is 1.72. The summed E-state index contributed by atoms with van der Waals surface area (Å²) in [5, 5.41) is 16.7. The van der Waals surface area contributed by atoms with Crippen LogP contribution in [0, 0.1) is 5.92 Å². The maximum Gasteiger partial charge on any atom is 0.322 e. The molecule has 0 aromatic carbocycles. The predicted octanol–water partition coefficient (Wildman–Crippen LogP) is -0.964. The van der Waals surface area contributed by atoms with Crippen LogP contribution >= 0.6 is 0 Å². The Hall–Kier alpha value is -2.20. The normalized spacial score (nSPS) is 18.4. The molecule has 29 heavy (non-hydrogen) atoms. The van der Waals surface area contributed by atoms with Crippen molar-refractivity contribution in [2.24, 2.45) is 11.7 Å². The first-order chi connectivity index (χ1) is 13.7. The lowest BCUT2D eigenvalue weighted by molar-refractivity contribution is -0.141. The molecule has 0 bridgehead atoms. The zero-order valence-corrected chi connectivity index (χ0v) is 17.6. The number of nitrogens with two attached hydrogens (primary N) is 1. The number of unbranched alkanes of at least 4 members (excludes halogenated alkanes) is 1. The lowest BCUT2D eigenvalue weighted by atomic mass is 10.0. The highest BCUT2D eigenvalue weighted by atomic mass is 16.4. The van der Waals surface area contributed by atoms with Gasteiger partial charge in [-0.05, 0) is 45.2 Å². The van der Waals surface area contributed by atoms with Crippen molar-refractivity contribution in [3.63, 3.8) is 0 Å². The van der Waals surface area contributed by atoms with E-state index < -0.39 is 36.4 Å². The fraction of sp³-hybridized carbons (Fsp3) is 0.789. The number of hydrogen-bond donors (Lipinski definition) is 5. The summed E-state index contributed by atoms with van der Waals surface area (Å²) in [5.41, 5.74) is 5.52. The summed E-state index contributed by atoms with van der Waals surface area (Å²) in [5.74, 6) is -2.47. The van der Waals surface area contributed by atoms with Crippen LogP contribution in [0.4, 0.5) is 0 Å². The van der Waals surface area contributed by atoms with Gasteiger partial charge >= 0.3 is 5.97 Å². The topological polar surface area (TPSA) is 154 Å². The van der Waals surface area contributed by atoms with Gasteiger partial charge in [-0.1, -0.05) is 20.3 Å². The zero-order valence-electron chi connectivity index (χ0n) is 17.6. The van der Waals surface area contributed by atoms with Gasteiger partial charge in [0.05, 0.1) is 6.04 Å². The van der Waals surface area contributed by atoms with Gasteiger partial charge in [0.25, 0.3) is 0 Å². The molecular weight excluding hydrogens is 378 g/mol. The van der Waals surface area contributed by atoms with E-state index >= 15 is 0 Å². The minimum atomic E-state index is -1.16. The van der Waals surface area contributed by atoms with Crippen LogP contribution in [0.2, 0.25) is 0 Å². The molecule has 166 valence electrons. The van der Waals surface area contributed by atoms with E-state index in [1.807, 2.05) is 0 Å². The second-order valence-electron chi connectivity index (χ2n) is 7.66. The van der Waals surface area contributed by atoms with Crippen molar-refractivity contribution in [1.82, 2.24) is 20.9 Å². The second kappa shape index (κ2) is 12.4. The number of likely N-dealkylation sites (tertiary alicyclic amines) is 1. The Bertz CT molecular complexity index is 583. The molecule has 1 saturated heterocycles. The quantitative estimate of drug-likeness (QED) is 0.258. The van der Waals surface area contributed by atoms with E-state index in [4.69, 9.17) is 10.8 Å². The van der Waals surface area contributed by atoms with Crippen LogP contribution in [0.5, 0.6) is 0 Å². The van der Waals surface area contributed by atoms with Crippen LogP contribution in [0.25, 0.3) is 0 Å². The average molecular weight is 414 g/mol. The Kier molecular flexibility index (Phi) is 10.6. The van der Waals surface area contributed by atoms with Gasteiger partial charge in [-0.15, -0.1) is 0 Å². The van der Waals surface area contributed by atoms with Gasteiger partial charge in [-0.3, -0.25) is 19.2 Å². The van der Waals surface area contributed by atoms with Gasteiger partial charge in [-0.2, -0.15) is 0 Å². The summed E-state index contributed by atoms with van der Waals surface area (Å²) in [6.07, 6.45) is 3.52. The highest BCUT2D eigenvalue weighted by Gasteiger charge is 2.38. The molecule has 1 heterocycles. The maximum absolute atomic E-state index is 12.9. The molecule has 1 aliphatic rings. The molecule has 10 nitrogen and oxygen atoms in total. The van der Waals surface area contributed by atoms with E-state index in [1.54, 1.807) is 25.8 Å². The van der Waals surface area contributed by atoms with E-state index in [9.17, 15) is 19.2 Å². The number of rotatable bonds is 12. The molecule has 1 aliphatic heterocycles. The summed E-state index contributed by atoms with van der Waals surface area (Å²) in [6, 6.07) is -1.89. The number of carboxylic acid groups (broad SMARTS) is 1. The molecule has 1 fully saturated rings. The molecule has 0 aliphatic carbocycles. The molecule has 0 aromatic rings. The van der Waals surface area contributed by atoms with Crippen molar-refractivity contribution in [3.8, 4) is 0 Å². The number of aliphatic carboxylic acids is 1. The van der Waals surface area contributed by atoms with Crippen LogP contribution in [0.15, 0.2) is 0 Å². The van der Waals surface area contributed by atoms with Crippen LogP contribution < -0.4 is 21.7 Å². The van der Waals surface area contributed by atoms with E-state index in [2.05, 4.69) is 16.0 Å². The summed E-state index contributed by atoms with van der Waals surface area (Å²) >= 11 is 0. The van der Waals surface area contributed by atoms with Gasteiger partial charge in [0, 0.05) is 6.54 Å². The first-order valence-corrected chi connectivity index (χ1v) is 10.2. The van der Waals surface area contributed by atoms with Crippen LogP contribution in [-0.4, -0.2) is 78.5 Å². The Labute approximate surface area is 171 Å². The van der Waals surface area contributed by atoms with Crippen LogP contribution in [0.1, 0.15) is 46.0 Å². The Balaban J connectivity index is 2.78. The van der Waals surface area contributed by atoms with Gasteiger partial charge in [0.2, 0.25) is 17.7 Å². The van der Waals surface area contributed by atoms with Crippen LogP contribution in [0.3, 0.4) is 0 Å². The molecule has 0 saturated carbocycles. The zero-order chi connectivity index (χ0) is 22.0. The van der Waals surface area contributed by atoms with E-state index in [0.717, 1.165) is 12.8 Å². The lowest BCUT2D eigenvalue weighted by Crippen LogP contribution is -2.57. The van der Waals surface area contributed by atoms with Gasteiger partial charge in [0.1, 0.15) is 18.6 Å². The minimum absolute atomic E-state index is 0.126. The summed E-state index contributed by atoms with van der Waals surface area (Å²) < 4.78 is 0. The van der Waals surface area contributed by atoms with Gasteiger partial charge in [-0.25, -0.2) is 0 Å². The number of carbonyl (C=O) groups is 4. The third-order valence-electron chi connectivity index (χ3n) is 5.09. The number of nitrogens with zero attached hydrogens (tertiary/aromatic N) is 1. The third-order valence-corrected chi connectivity index (χ3v) is 5.09. The summed E-state index contributed by atoms with van der Waals surface area (Å²) in [6.45, 7) is 4.07. The number of hydrogen-bond acceptors (Lipinski definition) is 6. The molecule has 3 atom stereocenters. The number of amides is 3. The highest BCUT2D eigenvalue weighted by molar-refractivity contribution is 5.94.